The minimum absolute atomic E-state index is 0.190. The van der Waals surface area contributed by atoms with Gasteiger partial charge in [0.25, 0.3) is 0 Å². The van der Waals surface area contributed by atoms with Gasteiger partial charge in [-0.05, 0) is 6.07 Å². The third kappa shape index (κ3) is 3.12. The fourth-order valence-electron chi connectivity index (χ4n) is 1.22. The Hall–Kier alpha value is -2.25. The van der Waals surface area contributed by atoms with E-state index in [0.717, 1.165) is 13.2 Å². The van der Waals surface area contributed by atoms with Gasteiger partial charge in [-0.15, -0.1) is 13.2 Å². The van der Waals surface area contributed by atoms with Crippen molar-refractivity contribution in [3.05, 3.63) is 23.3 Å². The summed E-state index contributed by atoms with van der Waals surface area (Å²) in [5.74, 6) is -2.81. The lowest BCUT2D eigenvalue weighted by Crippen LogP contribution is -2.19. The Morgan fingerprint density at radius 3 is 2.33 bits per heavy atom. The van der Waals surface area contributed by atoms with Gasteiger partial charge in [-0.2, -0.15) is 0 Å². The summed E-state index contributed by atoms with van der Waals surface area (Å²) in [6.07, 6.45) is -4.78. The molecule has 1 rings (SSSR count). The summed E-state index contributed by atoms with van der Waals surface area (Å²) in [6, 6.07) is 1.44. The Balaban J connectivity index is 3.38. The molecule has 0 saturated heterocycles. The summed E-state index contributed by atoms with van der Waals surface area (Å²) in [5, 5.41) is 8.74. The molecule has 18 heavy (non-hydrogen) atoms. The van der Waals surface area contributed by atoms with Crippen molar-refractivity contribution in [3.8, 4) is 11.5 Å². The first-order valence-electron chi connectivity index (χ1n) is 4.44. The third-order valence-electron chi connectivity index (χ3n) is 1.91. The Kier molecular flexibility index (Phi) is 3.79. The highest BCUT2D eigenvalue weighted by Gasteiger charge is 2.33. The first-order valence-corrected chi connectivity index (χ1v) is 4.44. The molecule has 98 valence electrons. The molecule has 0 atom stereocenters. The van der Waals surface area contributed by atoms with Gasteiger partial charge in [-0.3, -0.25) is 4.79 Å². The van der Waals surface area contributed by atoms with Crippen LogP contribution in [-0.2, 0) is 0 Å². The average molecular weight is 264 g/mol. The van der Waals surface area contributed by atoms with E-state index in [9.17, 15) is 22.8 Å². The number of methoxy groups -OCH3 is 1. The molecule has 8 heteroatoms. The van der Waals surface area contributed by atoms with Crippen molar-refractivity contribution in [2.45, 2.75) is 6.36 Å². The summed E-state index contributed by atoms with van der Waals surface area (Å²) in [6.45, 7) is 0. The predicted molar refractivity (Wildman–Crippen MR) is 52.0 cm³/mol. The minimum Gasteiger partial charge on any atom is -0.496 e. The quantitative estimate of drug-likeness (QED) is 0.843. The van der Waals surface area contributed by atoms with Crippen molar-refractivity contribution >= 4 is 12.3 Å². The number of ether oxygens (including phenoxy) is 2. The zero-order valence-electron chi connectivity index (χ0n) is 8.95. The van der Waals surface area contributed by atoms with E-state index in [2.05, 4.69) is 9.47 Å². The molecule has 0 aliphatic rings. The van der Waals surface area contributed by atoms with Crippen LogP contribution in [0.4, 0.5) is 13.2 Å². The molecule has 0 saturated carbocycles. The van der Waals surface area contributed by atoms with Crippen molar-refractivity contribution in [1.29, 1.82) is 0 Å². The summed E-state index contributed by atoms with van der Waals surface area (Å²) in [7, 11) is 1.13. The second-order valence-corrected chi connectivity index (χ2v) is 3.06. The number of rotatable bonds is 4. The number of hydrogen-bond acceptors (Lipinski definition) is 4. The van der Waals surface area contributed by atoms with Crippen LogP contribution in [0.3, 0.4) is 0 Å². The van der Waals surface area contributed by atoms with Crippen LogP contribution in [0.2, 0.25) is 0 Å². The molecule has 1 N–H and O–H groups in total. The monoisotopic (exact) mass is 264 g/mol. The molecule has 0 aliphatic carbocycles. The molecule has 0 aliphatic heterocycles. The van der Waals surface area contributed by atoms with E-state index in [1.165, 1.54) is 0 Å². The van der Waals surface area contributed by atoms with Gasteiger partial charge in [0.05, 0.1) is 12.7 Å². The van der Waals surface area contributed by atoms with E-state index in [1.54, 1.807) is 0 Å². The molecule has 0 spiro atoms. The van der Waals surface area contributed by atoms with Gasteiger partial charge >= 0.3 is 12.3 Å². The highest BCUT2D eigenvalue weighted by molar-refractivity contribution is 5.94. The summed E-state index contributed by atoms with van der Waals surface area (Å²) in [5.41, 5.74) is -0.973. The molecule has 0 heterocycles. The zero-order valence-corrected chi connectivity index (χ0v) is 8.95. The number of alkyl halides is 3. The van der Waals surface area contributed by atoms with Crippen LogP contribution >= 0.6 is 0 Å². The van der Waals surface area contributed by atoms with E-state index < -0.39 is 23.6 Å². The molecule has 0 fully saturated rings. The molecule has 0 bridgehead atoms. The van der Waals surface area contributed by atoms with Crippen LogP contribution in [0.1, 0.15) is 20.7 Å². The maximum atomic E-state index is 12.1. The number of carboxylic acid groups (broad SMARTS) is 1. The molecule has 0 amide bonds. The number of carbonyl (C=O) groups is 2. The van der Waals surface area contributed by atoms with Crippen molar-refractivity contribution < 1.29 is 37.3 Å². The molecule has 1 aromatic rings. The lowest BCUT2D eigenvalue weighted by molar-refractivity contribution is -0.274. The molecule has 0 radical (unpaired) electrons. The Labute approximate surface area is 98.7 Å². The highest BCUT2D eigenvalue weighted by atomic mass is 19.4. The standard InChI is InChI=1S/C10H7F3O5/c1-17-7-3-8(18-10(11,12)13)6(9(15)16)2-5(7)4-14/h2-4H,1H3,(H,15,16). The predicted octanol–water partition coefficient (Wildman–Crippen LogP) is 2.10. The van der Waals surface area contributed by atoms with Crippen LogP contribution in [0.15, 0.2) is 12.1 Å². The fraction of sp³-hybridized carbons (Fsp3) is 0.200. The van der Waals surface area contributed by atoms with Crippen molar-refractivity contribution in [2.75, 3.05) is 7.11 Å². The van der Waals surface area contributed by atoms with Crippen LogP contribution in [0.5, 0.6) is 11.5 Å². The first-order chi connectivity index (χ1) is 8.28. The van der Waals surface area contributed by atoms with Gasteiger partial charge in [-0.25, -0.2) is 4.79 Å². The second-order valence-electron chi connectivity index (χ2n) is 3.06. The Bertz CT molecular complexity index is 481. The van der Waals surface area contributed by atoms with Crippen molar-refractivity contribution in [2.24, 2.45) is 0 Å². The maximum Gasteiger partial charge on any atom is 0.573 e. The lowest BCUT2D eigenvalue weighted by atomic mass is 10.1. The summed E-state index contributed by atoms with van der Waals surface area (Å²) in [4.78, 5) is 21.4. The SMILES string of the molecule is COc1cc(OC(F)(F)F)c(C(=O)O)cc1C=O. The number of carbonyl (C=O) groups excluding carboxylic acids is 1. The topological polar surface area (TPSA) is 72.8 Å². The number of aldehydes is 1. The number of benzene rings is 1. The van der Waals surface area contributed by atoms with Crippen molar-refractivity contribution in [1.82, 2.24) is 0 Å². The van der Waals surface area contributed by atoms with Crippen LogP contribution in [-0.4, -0.2) is 30.8 Å². The van der Waals surface area contributed by atoms with Crippen LogP contribution in [0, 0.1) is 0 Å². The molecule has 5 nitrogen and oxygen atoms in total. The number of carboxylic acids is 1. The third-order valence-corrected chi connectivity index (χ3v) is 1.91. The van der Waals surface area contributed by atoms with Crippen molar-refractivity contribution in [3.63, 3.8) is 0 Å². The van der Waals surface area contributed by atoms with Gasteiger partial charge in [0.2, 0.25) is 0 Å². The van der Waals surface area contributed by atoms with E-state index in [0.29, 0.717) is 6.07 Å². The van der Waals surface area contributed by atoms with E-state index in [4.69, 9.17) is 5.11 Å². The summed E-state index contributed by atoms with van der Waals surface area (Å²) >= 11 is 0. The van der Waals surface area contributed by atoms with E-state index in [-0.39, 0.29) is 17.6 Å². The number of hydrogen-bond donors (Lipinski definition) is 1. The number of aromatic carboxylic acids is 1. The van der Waals surface area contributed by atoms with E-state index in [1.807, 2.05) is 0 Å². The maximum absolute atomic E-state index is 12.1. The normalized spacial score (nSPS) is 10.9. The molecule has 1 aromatic carbocycles. The van der Waals surface area contributed by atoms with Gasteiger partial charge in [0, 0.05) is 6.07 Å². The molecular formula is C10H7F3O5. The number of halogens is 3. The van der Waals surface area contributed by atoms with Gasteiger partial charge in [0.15, 0.2) is 6.29 Å². The minimum atomic E-state index is -5.04. The lowest BCUT2D eigenvalue weighted by Gasteiger charge is -2.13. The van der Waals surface area contributed by atoms with E-state index >= 15 is 0 Å². The second kappa shape index (κ2) is 4.94. The smallest absolute Gasteiger partial charge is 0.496 e. The van der Waals surface area contributed by atoms with Gasteiger partial charge < -0.3 is 14.6 Å². The first kappa shape index (κ1) is 13.8. The van der Waals surface area contributed by atoms with Gasteiger partial charge in [-0.1, -0.05) is 0 Å². The molecular weight excluding hydrogens is 257 g/mol. The zero-order chi connectivity index (χ0) is 13.9. The molecule has 0 aromatic heterocycles. The van der Waals surface area contributed by atoms with Gasteiger partial charge in [0.1, 0.15) is 17.1 Å². The van der Waals surface area contributed by atoms with Crippen LogP contribution in [0.25, 0.3) is 0 Å². The highest BCUT2D eigenvalue weighted by Crippen LogP contribution is 2.32. The fourth-order valence-corrected chi connectivity index (χ4v) is 1.22. The Morgan fingerprint density at radius 1 is 1.33 bits per heavy atom. The average Bonchev–Trinajstić information content (AvgIpc) is 2.25. The summed E-state index contributed by atoms with van der Waals surface area (Å²) < 4.78 is 44.4. The van der Waals surface area contributed by atoms with Crippen LogP contribution < -0.4 is 9.47 Å². The Morgan fingerprint density at radius 2 is 1.94 bits per heavy atom. The largest absolute Gasteiger partial charge is 0.573 e. The molecule has 0 unspecified atom stereocenters.